The highest BCUT2D eigenvalue weighted by molar-refractivity contribution is 4.81. The van der Waals surface area contributed by atoms with E-state index >= 15 is 0 Å². The van der Waals surface area contributed by atoms with Gasteiger partial charge in [0.15, 0.2) is 0 Å². The summed E-state index contributed by atoms with van der Waals surface area (Å²) in [4.78, 5) is 4.04. The molecule has 0 unspecified atom stereocenters. The molecule has 0 aliphatic carbocycles. The monoisotopic (exact) mass is 140 g/mol. The Kier molecular flexibility index (Phi) is 2.39. The van der Waals surface area contributed by atoms with Gasteiger partial charge in [-0.05, 0) is 6.54 Å². The van der Waals surface area contributed by atoms with Gasteiger partial charge >= 0.3 is 0 Å². The molecule has 0 fully saturated rings. The van der Waals surface area contributed by atoms with Gasteiger partial charge in [0.25, 0.3) is 0 Å². The van der Waals surface area contributed by atoms with E-state index in [1.54, 1.807) is 11.0 Å². The van der Waals surface area contributed by atoms with Gasteiger partial charge in [0.2, 0.25) is 0 Å². The van der Waals surface area contributed by atoms with Crippen LogP contribution in [-0.4, -0.2) is 21.3 Å². The Hall–Kier alpha value is -0.900. The van der Waals surface area contributed by atoms with Crippen LogP contribution in [0.3, 0.4) is 0 Å². The maximum Gasteiger partial charge on any atom is 0.140 e. The van der Waals surface area contributed by atoms with Crippen molar-refractivity contribution >= 4 is 0 Å². The van der Waals surface area contributed by atoms with Crippen molar-refractivity contribution in [2.45, 2.75) is 13.5 Å². The second-order valence-electron chi connectivity index (χ2n) is 2.08. The molecule has 0 atom stereocenters. The standard InChI is InChI=1S/C6H12N4/c1-3-7-4-6-8-5-9-10(6)2/h5,7H,3-4H2,1-2H3. The lowest BCUT2D eigenvalue weighted by Crippen LogP contribution is -2.15. The molecule has 0 saturated carbocycles. The van der Waals surface area contributed by atoms with Crippen LogP contribution >= 0.6 is 0 Å². The Morgan fingerprint density at radius 2 is 2.50 bits per heavy atom. The van der Waals surface area contributed by atoms with E-state index in [1.807, 2.05) is 7.05 Å². The Morgan fingerprint density at radius 1 is 1.70 bits per heavy atom. The molecule has 0 aliphatic rings. The fraction of sp³-hybridized carbons (Fsp3) is 0.667. The van der Waals surface area contributed by atoms with Crippen molar-refractivity contribution in [2.75, 3.05) is 6.54 Å². The Bertz CT molecular complexity index is 193. The van der Waals surface area contributed by atoms with Gasteiger partial charge in [-0.15, -0.1) is 0 Å². The molecule has 0 bridgehead atoms. The average molecular weight is 140 g/mol. The Morgan fingerprint density at radius 3 is 3.00 bits per heavy atom. The van der Waals surface area contributed by atoms with Crippen molar-refractivity contribution in [3.05, 3.63) is 12.2 Å². The molecule has 1 aromatic heterocycles. The Balaban J connectivity index is 2.49. The number of nitrogens with one attached hydrogen (secondary N) is 1. The van der Waals surface area contributed by atoms with Gasteiger partial charge in [-0.1, -0.05) is 6.92 Å². The minimum absolute atomic E-state index is 0.799. The summed E-state index contributed by atoms with van der Waals surface area (Å²) in [5.41, 5.74) is 0. The van der Waals surface area contributed by atoms with Gasteiger partial charge in [0, 0.05) is 7.05 Å². The van der Waals surface area contributed by atoms with Crippen LogP contribution in [0.2, 0.25) is 0 Å². The first kappa shape index (κ1) is 7.21. The highest BCUT2D eigenvalue weighted by atomic mass is 15.3. The van der Waals surface area contributed by atoms with Crippen LogP contribution in [0.5, 0.6) is 0 Å². The molecule has 0 saturated heterocycles. The van der Waals surface area contributed by atoms with E-state index in [4.69, 9.17) is 0 Å². The van der Waals surface area contributed by atoms with Crippen molar-refractivity contribution in [2.24, 2.45) is 7.05 Å². The first-order valence-electron chi connectivity index (χ1n) is 3.38. The number of aryl methyl sites for hydroxylation is 1. The fourth-order valence-electron chi connectivity index (χ4n) is 0.717. The number of hydrogen-bond donors (Lipinski definition) is 1. The second-order valence-corrected chi connectivity index (χ2v) is 2.08. The quantitative estimate of drug-likeness (QED) is 0.638. The summed E-state index contributed by atoms with van der Waals surface area (Å²) in [5.74, 6) is 0.974. The van der Waals surface area contributed by atoms with Crippen molar-refractivity contribution in [3.63, 3.8) is 0 Å². The van der Waals surface area contributed by atoms with Gasteiger partial charge < -0.3 is 5.32 Å². The van der Waals surface area contributed by atoms with Crippen LogP contribution in [0.1, 0.15) is 12.7 Å². The topological polar surface area (TPSA) is 42.7 Å². The summed E-state index contributed by atoms with van der Waals surface area (Å²) in [6, 6.07) is 0. The van der Waals surface area contributed by atoms with Gasteiger partial charge in [-0.2, -0.15) is 5.10 Å². The number of hydrogen-bond acceptors (Lipinski definition) is 3. The highest BCUT2D eigenvalue weighted by Gasteiger charge is 1.96. The van der Waals surface area contributed by atoms with E-state index in [9.17, 15) is 0 Å². The molecule has 10 heavy (non-hydrogen) atoms. The normalized spacial score (nSPS) is 10.2. The number of aromatic nitrogens is 3. The van der Waals surface area contributed by atoms with Crippen LogP contribution in [0.15, 0.2) is 6.33 Å². The lowest BCUT2D eigenvalue weighted by atomic mass is 10.5. The van der Waals surface area contributed by atoms with Gasteiger partial charge in [-0.3, -0.25) is 4.68 Å². The lowest BCUT2D eigenvalue weighted by Gasteiger charge is -1.98. The van der Waals surface area contributed by atoms with E-state index in [-0.39, 0.29) is 0 Å². The maximum atomic E-state index is 4.04. The van der Waals surface area contributed by atoms with Crippen LogP contribution in [0.4, 0.5) is 0 Å². The fourth-order valence-corrected chi connectivity index (χ4v) is 0.717. The van der Waals surface area contributed by atoms with Crippen molar-refractivity contribution in [1.29, 1.82) is 0 Å². The van der Waals surface area contributed by atoms with E-state index in [0.29, 0.717) is 0 Å². The SMILES string of the molecule is CCNCc1ncnn1C. The highest BCUT2D eigenvalue weighted by Crippen LogP contribution is 1.87. The number of nitrogens with zero attached hydrogens (tertiary/aromatic N) is 3. The molecule has 0 spiro atoms. The zero-order valence-electron chi connectivity index (χ0n) is 6.33. The third-order valence-corrected chi connectivity index (χ3v) is 1.34. The molecule has 4 heteroatoms. The average Bonchev–Trinajstić information content (AvgIpc) is 2.31. The van der Waals surface area contributed by atoms with E-state index in [2.05, 4.69) is 22.3 Å². The Labute approximate surface area is 60.3 Å². The van der Waals surface area contributed by atoms with Gasteiger partial charge in [-0.25, -0.2) is 4.98 Å². The summed E-state index contributed by atoms with van der Waals surface area (Å²) in [7, 11) is 1.89. The minimum Gasteiger partial charge on any atom is -0.310 e. The summed E-state index contributed by atoms with van der Waals surface area (Å²) in [5, 5.41) is 7.10. The molecular weight excluding hydrogens is 128 g/mol. The molecule has 56 valence electrons. The third kappa shape index (κ3) is 1.54. The first-order chi connectivity index (χ1) is 4.84. The lowest BCUT2D eigenvalue weighted by molar-refractivity contribution is 0.630. The van der Waals surface area contributed by atoms with Gasteiger partial charge in [0.1, 0.15) is 12.2 Å². The van der Waals surface area contributed by atoms with Crippen LogP contribution < -0.4 is 5.32 Å². The molecule has 0 radical (unpaired) electrons. The van der Waals surface area contributed by atoms with Crippen LogP contribution in [0, 0.1) is 0 Å². The van der Waals surface area contributed by atoms with Gasteiger partial charge in [0.05, 0.1) is 6.54 Å². The molecule has 0 aromatic carbocycles. The molecule has 1 N–H and O–H groups in total. The summed E-state index contributed by atoms with van der Waals surface area (Å²) < 4.78 is 1.77. The van der Waals surface area contributed by atoms with Crippen LogP contribution in [-0.2, 0) is 13.6 Å². The third-order valence-electron chi connectivity index (χ3n) is 1.34. The van der Waals surface area contributed by atoms with Crippen LogP contribution in [0.25, 0.3) is 0 Å². The smallest absolute Gasteiger partial charge is 0.140 e. The summed E-state index contributed by atoms with van der Waals surface area (Å²) >= 11 is 0. The minimum atomic E-state index is 0.799. The molecule has 1 heterocycles. The summed E-state index contributed by atoms with van der Waals surface area (Å²) in [6.45, 7) is 3.83. The van der Waals surface area contributed by atoms with E-state index in [1.165, 1.54) is 0 Å². The molecule has 0 amide bonds. The van der Waals surface area contributed by atoms with Crippen molar-refractivity contribution in [1.82, 2.24) is 20.1 Å². The molecule has 4 nitrogen and oxygen atoms in total. The maximum absolute atomic E-state index is 4.04. The van der Waals surface area contributed by atoms with Crippen molar-refractivity contribution in [3.8, 4) is 0 Å². The first-order valence-corrected chi connectivity index (χ1v) is 3.38. The van der Waals surface area contributed by atoms with Crippen molar-refractivity contribution < 1.29 is 0 Å². The molecule has 0 aliphatic heterocycles. The zero-order valence-corrected chi connectivity index (χ0v) is 6.33. The molecular formula is C6H12N4. The number of rotatable bonds is 3. The largest absolute Gasteiger partial charge is 0.310 e. The predicted octanol–water partition coefficient (Wildman–Crippen LogP) is -0.0754. The summed E-state index contributed by atoms with van der Waals surface area (Å²) in [6.07, 6.45) is 1.56. The van der Waals surface area contributed by atoms with E-state index < -0.39 is 0 Å². The predicted molar refractivity (Wildman–Crippen MR) is 38.4 cm³/mol. The molecule has 1 aromatic rings. The molecule has 1 rings (SSSR count). The second kappa shape index (κ2) is 3.31. The zero-order chi connectivity index (χ0) is 7.40. The van der Waals surface area contributed by atoms with E-state index in [0.717, 1.165) is 18.9 Å².